The van der Waals surface area contributed by atoms with Crippen LogP contribution in [0.1, 0.15) is 19.4 Å². The van der Waals surface area contributed by atoms with Crippen LogP contribution in [-0.2, 0) is 21.2 Å². The maximum atomic E-state index is 13.5. The maximum absolute atomic E-state index is 13.5. The molecule has 0 saturated carbocycles. The second-order valence-electron chi connectivity index (χ2n) is 10.7. The van der Waals surface area contributed by atoms with Crippen molar-refractivity contribution < 1.29 is 32.6 Å². The van der Waals surface area contributed by atoms with Gasteiger partial charge in [-0.05, 0) is 61.5 Å². The Morgan fingerprint density at radius 2 is 1.81 bits per heavy atom. The third-order valence-electron chi connectivity index (χ3n) is 7.36. The van der Waals surface area contributed by atoms with Crippen LogP contribution in [0.15, 0.2) is 77.7 Å². The number of sulfonamides is 1. The Morgan fingerprint density at radius 3 is 2.47 bits per heavy atom. The molecule has 3 N–H and O–H groups in total. The average Bonchev–Trinajstić information content (AvgIpc) is 3.04. The molecule has 3 aromatic carbocycles. The number of para-hydroxylation sites is 1. The molecule has 4 rings (SSSR count). The Morgan fingerprint density at radius 1 is 1.12 bits per heavy atom. The Hall–Kier alpha value is -4.29. The Labute approximate surface area is 252 Å². The van der Waals surface area contributed by atoms with Crippen molar-refractivity contribution >= 4 is 33.3 Å². The van der Waals surface area contributed by atoms with Crippen molar-refractivity contribution in [3.05, 3.63) is 78.4 Å². The quantitative estimate of drug-likeness (QED) is 0.335. The van der Waals surface area contributed by atoms with Gasteiger partial charge in [-0.15, -0.1) is 0 Å². The number of hydrogen-bond acceptors (Lipinski definition) is 7. The standard InChI is InChI=1S/C31H38N4O7S/c1-21-18-35(22(2)20-36)30(37)17-23-16-25(33-43(39,40)27-13-11-26(41-4)12-14-27)10-15-28(23)42-29(21)19-34(3)31(38)32-24-8-6-5-7-9-24/h5-16,21-22,29,33,36H,17-20H2,1-4H3,(H,32,38)/t21-,22+,29+/m0/s1. The van der Waals surface area contributed by atoms with E-state index in [1.54, 1.807) is 61.3 Å². The smallest absolute Gasteiger partial charge is 0.321 e. The molecule has 3 amide bonds. The van der Waals surface area contributed by atoms with E-state index in [1.807, 2.05) is 25.1 Å². The minimum Gasteiger partial charge on any atom is -0.497 e. The summed E-state index contributed by atoms with van der Waals surface area (Å²) in [5.41, 5.74) is 1.40. The summed E-state index contributed by atoms with van der Waals surface area (Å²) in [5, 5.41) is 12.7. The predicted molar refractivity (Wildman–Crippen MR) is 164 cm³/mol. The van der Waals surface area contributed by atoms with Crippen LogP contribution < -0.4 is 19.5 Å². The highest BCUT2D eigenvalue weighted by atomic mass is 32.2. The second-order valence-corrected chi connectivity index (χ2v) is 12.4. The molecule has 43 heavy (non-hydrogen) atoms. The summed E-state index contributed by atoms with van der Waals surface area (Å²) < 4.78 is 40.3. The van der Waals surface area contributed by atoms with Gasteiger partial charge in [0.2, 0.25) is 5.91 Å². The zero-order chi connectivity index (χ0) is 31.1. The lowest BCUT2D eigenvalue weighted by Gasteiger charge is -2.34. The monoisotopic (exact) mass is 610 g/mol. The average molecular weight is 611 g/mol. The highest BCUT2D eigenvalue weighted by Crippen LogP contribution is 2.30. The normalized spacial score (nSPS) is 17.8. The largest absolute Gasteiger partial charge is 0.497 e. The first-order chi connectivity index (χ1) is 20.5. The lowest BCUT2D eigenvalue weighted by atomic mass is 10.0. The van der Waals surface area contributed by atoms with Gasteiger partial charge in [0.1, 0.15) is 17.6 Å². The summed E-state index contributed by atoms with van der Waals surface area (Å²) in [7, 11) is -0.765. The fourth-order valence-electron chi connectivity index (χ4n) is 4.77. The highest BCUT2D eigenvalue weighted by molar-refractivity contribution is 7.92. The van der Waals surface area contributed by atoms with Crippen molar-refractivity contribution in [1.29, 1.82) is 0 Å². The molecule has 12 heteroatoms. The Bertz CT molecular complexity index is 1520. The molecule has 1 aliphatic heterocycles. The van der Waals surface area contributed by atoms with E-state index in [0.29, 0.717) is 29.3 Å². The van der Waals surface area contributed by atoms with Crippen LogP contribution in [0.4, 0.5) is 16.2 Å². The van der Waals surface area contributed by atoms with Gasteiger partial charge in [-0.25, -0.2) is 13.2 Å². The third-order valence-corrected chi connectivity index (χ3v) is 8.76. The molecule has 0 spiro atoms. The molecule has 0 unspecified atom stereocenters. The number of methoxy groups -OCH3 is 1. The second kappa shape index (κ2) is 13.8. The molecule has 3 atom stereocenters. The van der Waals surface area contributed by atoms with Crippen LogP contribution in [0.2, 0.25) is 0 Å². The van der Waals surface area contributed by atoms with E-state index in [-0.39, 0.29) is 48.0 Å². The summed E-state index contributed by atoms with van der Waals surface area (Å²) in [6.45, 7) is 3.97. The topological polar surface area (TPSA) is 138 Å². The van der Waals surface area contributed by atoms with Crippen molar-refractivity contribution in [3.63, 3.8) is 0 Å². The molecular weight excluding hydrogens is 572 g/mol. The van der Waals surface area contributed by atoms with E-state index >= 15 is 0 Å². The Kier molecular flexibility index (Phi) is 10.1. The van der Waals surface area contributed by atoms with E-state index in [9.17, 15) is 23.1 Å². The molecule has 3 aromatic rings. The fraction of sp³-hybridized carbons (Fsp3) is 0.355. The third kappa shape index (κ3) is 7.96. The summed E-state index contributed by atoms with van der Waals surface area (Å²) in [4.78, 5) is 29.6. The number of aliphatic hydroxyl groups is 1. The summed E-state index contributed by atoms with van der Waals surface area (Å²) in [5.74, 6) is 0.488. The number of likely N-dealkylation sites (N-methyl/N-ethyl adjacent to an activating group) is 1. The molecule has 0 bridgehead atoms. The van der Waals surface area contributed by atoms with Gasteiger partial charge in [0.15, 0.2) is 0 Å². The number of fused-ring (bicyclic) bond motifs is 1. The van der Waals surface area contributed by atoms with Crippen molar-refractivity contribution in [2.24, 2.45) is 5.92 Å². The molecule has 1 aliphatic rings. The van der Waals surface area contributed by atoms with Gasteiger partial charge in [0.05, 0.1) is 37.6 Å². The SMILES string of the molecule is COc1ccc(S(=O)(=O)Nc2ccc3c(c2)CC(=O)N([C@H](C)CO)C[C@H](C)[C@@H](CN(C)C(=O)Nc2ccccc2)O3)cc1. The molecule has 0 saturated heterocycles. The van der Waals surface area contributed by atoms with E-state index in [4.69, 9.17) is 9.47 Å². The number of nitrogens with zero attached hydrogens (tertiary/aromatic N) is 2. The molecule has 0 aliphatic carbocycles. The van der Waals surface area contributed by atoms with Crippen LogP contribution in [0, 0.1) is 5.92 Å². The minimum atomic E-state index is -3.93. The number of nitrogens with one attached hydrogen (secondary N) is 2. The van der Waals surface area contributed by atoms with Crippen molar-refractivity contribution in [3.8, 4) is 11.5 Å². The van der Waals surface area contributed by atoms with Gasteiger partial charge in [-0.2, -0.15) is 0 Å². The molecule has 0 fully saturated rings. The van der Waals surface area contributed by atoms with Gasteiger partial charge in [-0.1, -0.05) is 25.1 Å². The van der Waals surface area contributed by atoms with Crippen molar-refractivity contribution in [2.45, 2.75) is 37.3 Å². The highest BCUT2D eigenvalue weighted by Gasteiger charge is 2.32. The molecule has 1 heterocycles. The number of hydrogen-bond donors (Lipinski definition) is 3. The maximum Gasteiger partial charge on any atom is 0.321 e. The number of aliphatic hydroxyl groups excluding tert-OH is 1. The number of urea groups is 1. The predicted octanol–water partition coefficient (Wildman–Crippen LogP) is 3.81. The van der Waals surface area contributed by atoms with Gasteiger partial charge in [-0.3, -0.25) is 9.52 Å². The summed E-state index contributed by atoms with van der Waals surface area (Å²) in [6.07, 6.45) is -0.590. The number of carbonyl (C=O) groups excluding carboxylic acids is 2. The van der Waals surface area contributed by atoms with E-state index in [2.05, 4.69) is 10.0 Å². The van der Waals surface area contributed by atoms with Crippen LogP contribution in [0.5, 0.6) is 11.5 Å². The fourth-order valence-corrected chi connectivity index (χ4v) is 5.82. The van der Waals surface area contributed by atoms with Crippen LogP contribution in [0.3, 0.4) is 0 Å². The van der Waals surface area contributed by atoms with Crippen LogP contribution in [-0.4, -0.2) is 81.3 Å². The van der Waals surface area contributed by atoms with Crippen LogP contribution in [0.25, 0.3) is 0 Å². The molecular formula is C31H38N4O7S. The number of amides is 3. The molecule has 230 valence electrons. The summed E-state index contributed by atoms with van der Waals surface area (Å²) >= 11 is 0. The lowest BCUT2D eigenvalue weighted by Crippen LogP contribution is -2.48. The minimum absolute atomic E-state index is 0.0535. The zero-order valence-corrected chi connectivity index (χ0v) is 25.5. The molecule has 0 aromatic heterocycles. The van der Waals surface area contributed by atoms with Gasteiger partial charge >= 0.3 is 6.03 Å². The number of benzene rings is 3. The van der Waals surface area contributed by atoms with Gasteiger partial charge in [0, 0.05) is 36.4 Å². The van der Waals surface area contributed by atoms with E-state index in [1.165, 1.54) is 24.1 Å². The number of anilines is 2. The first-order valence-electron chi connectivity index (χ1n) is 13.9. The molecule has 0 radical (unpaired) electrons. The number of rotatable bonds is 9. The zero-order valence-electron chi connectivity index (χ0n) is 24.7. The number of carbonyl (C=O) groups is 2. The number of ether oxygens (including phenoxy) is 2. The first-order valence-corrected chi connectivity index (χ1v) is 15.4. The summed E-state index contributed by atoms with van der Waals surface area (Å²) in [6, 6.07) is 19.1. The van der Waals surface area contributed by atoms with Gasteiger partial charge in [0.25, 0.3) is 10.0 Å². The van der Waals surface area contributed by atoms with E-state index in [0.717, 1.165) is 0 Å². The first kappa shape index (κ1) is 31.6. The van der Waals surface area contributed by atoms with Crippen LogP contribution >= 0.6 is 0 Å². The van der Waals surface area contributed by atoms with Crippen molar-refractivity contribution in [2.75, 3.05) is 43.9 Å². The van der Waals surface area contributed by atoms with Crippen molar-refractivity contribution in [1.82, 2.24) is 9.80 Å². The lowest BCUT2D eigenvalue weighted by molar-refractivity contribution is -0.134. The van der Waals surface area contributed by atoms with Gasteiger partial charge < -0.3 is 29.7 Å². The Balaban J connectivity index is 1.61. The van der Waals surface area contributed by atoms with E-state index < -0.39 is 22.2 Å². The molecule has 11 nitrogen and oxygen atoms in total.